The fourth-order valence-corrected chi connectivity index (χ4v) is 3.87. The van der Waals surface area contributed by atoms with E-state index in [0.29, 0.717) is 25.4 Å². The van der Waals surface area contributed by atoms with Crippen molar-refractivity contribution in [2.24, 2.45) is 5.92 Å². The second-order valence-corrected chi connectivity index (χ2v) is 8.36. The Labute approximate surface area is 196 Å². The van der Waals surface area contributed by atoms with Gasteiger partial charge in [-0.1, -0.05) is 11.8 Å². The first-order valence-corrected chi connectivity index (χ1v) is 10.5. The Morgan fingerprint density at radius 2 is 1.89 bits per heavy atom. The first-order valence-electron chi connectivity index (χ1n) is 10.5. The summed E-state index contributed by atoms with van der Waals surface area (Å²) in [4.78, 5) is 12.9. The van der Waals surface area contributed by atoms with Gasteiger partial charge in [0.15, 0.2) is 0 Å². The minimum absolute atomic E-state index is 0.0256. The van der Waals surface area contributed by atoms with E-state index in [1.807, 2.05) is 11.0 Å². The van der Waals surface area contributed by atoms with Gasteiger partial charge in [-0.3, -0.25) is 9.69 Å². The quantitative estimate of drug-likeness (QED) is 0.458. The topological polar surface area (TPSA) is 59.0 Å². The third-order valence-corrected chi connectivity index (χ3v) is 5.71. The van der Waals surface area contributed by atoms with Crippen molar-refractivity contribution in [1.82, 2.24) is 4.90 Å². The van der Waals surface area contributed by atoms with Gasteiger partial charge in [0.25, 0.3) is 0 Å². The molecule has 1 aromatic rings. The molecular formula is C24H19F6NO4. The van der Waals surface area contributed by atoms with Gasteiger partial charge >= 0.3 is 18.3 Å². The monoisotopic (exact) mass is 499 g/mol. The molecule has 1 aliphatic carbocycles. The maximum Gasteiger partial charge on any atom is 0.424 e. The van der Waals surface area contributed by atoms with Gasteiger partial charge in [0.05, 0.1) is 11.5 Å². The standard InChI is InChI=1S/C24H19F6NO4/c25-23(26,27)18-3-1-2-16(20(7-18)24(28,29)30)13-34-19-5-4-15-6-14(12-35-21(15)8-19)9-31-10-17(11-31)22(32)33/h4-8,17H,2,9-13H2,(H,32,33). The van der Waals surface area contributed by atoms with Crippen LogP contribution in [0, 0.1) is 17.8 Å². The van der Waals surface area contributed by atoms with Crippen LogP contribution in [0.4, 0.5) is 26.3 Å². The Bertz CT molecular complexity index is 1180. The number of carboxylic acids is 1. The molecule has 0 aromatic heterocycles. The summed E-state index contributed by atoms with van der Waals surface area (Å²) in [7, 11) is 0. The molecule has 0 radical (unpaired) electrons. The Balaban J connectivity index is 1.45. The summed E-state index contributed by atoms with van der Waals surface area (Å²) in [5.41, 5.74) is -1.72. The average Bonchev–Trinajstić information content (AvgIpc) is 2.97. The summed E-state index contributed by atoms with van der Waals surface area (Å²) in [6.45, 7) is 1.15. The van der Waals surface area contributed by atoms with Crippen LogP contribution in [0.2, 0.25) is 0 Å². The van der Waals surface area contributed by atoms with Gasteiger partial charge in [0.1, 0.15) is 30.3 Å². The van der Waals surface area contributed by atoms with Crippen molar-refractivity contribution < 1.29 is 45.7 Å². The molecular weight excluding hydrogens is 480 g/mol. The largest absolute Gasteiger partial charge is 0.489 e. The van der Waals surface area contributed by atoms with Crippen LogP contribution in [0.15, 0.2) is 46.6 Å². The molecule has 3 aliphatic rings. The predicted molar refractivity (Wildman–Crippen MR) is 113 cm³/mol. The number of aliphatic carboxylic acids is 1. The van der Waals surface area contributed by atoms with Crippen molar-refractivity contribution in [3.63, 3.8) is 0 Å². The molecule has 0 unspecified atom stereocenters. The van der Waals surface area contributed by atoms with Gasteiger partial charge in [-0.15, -0.1) is 0 Å². The van der Waals surface area contributed by atoms with E-state index in [9.17, 15) is 31.1 Å². The third-order valence-electron chi connectivity index (χ3n) is 5.71. The Morgan fingerprint density at radius 3 is 2.54 bits per heavy atom. The number of carbonyl (C=O) groups is 1. The molecule has 4 rings (SSSR count). The normalized spacial score (nSPS) is 18.8. The van der Waals surface area contributed by atoms with Crippen molar-refractivity contribution in [3.05, 3.63) is 52.1 Å². The summed E-state index contributed by atoms with van der Waals surface area (Å²) in [6, 6.07) is 4.69. The fraction of sp³-hybridized carbons (Fsp3) is 0.375. The van der Waals surface area contributed by atoms with Crippen LogP contribution >= 0.6 is 0 Å². The lowest BCUT2D eigenvalue weighted by Crippen LogP contribution is -2.51. The van der Waals surface area contributed by atoms with Crippen LogP contribution in [-0.4, -0.2) is 61.2 Å². The van der Waals surface area contributed by atoms with E-state index in [0.717, 1.165) is 11.1 Å². The highest BCUT2D eigenvalue weighted by atomic mass is 19.4. The van der Waals surface area contributed by atoms with Crippen molar-refractivity contribution in [2.75, 3.05) is 32.8 Å². The molecule has 0 saturated carbocycles. The lowest BCUT2D eigenvalue weighted by atomic mass is 9.98. The molecule has 2 aliphatic heterocycles. The van der Waals surface area contributed by atoms with Gasteiger partial charge in [0, 0.05) is 37.7 Å². The number of benzene rings is 1. The van der Waals surface area contributed by atoms with E-state index < -0.39 is 48.1 Å². The zero-order chi connectivity index (χ0) is 25.4. The average molecular weight is 499 g/mol. The maximum atomic E-state index is 13.5. The van der Waals surface area contributed by atoms with Gasteiger partial charge in [-0.25, -0.2) is 0 Å². The number of hydrogen-bond donors (Lipinski definition) is 1. The molecule has 186 valence electrons. The van der Waals surface area contributed by atoms with Crippen LogP contribution in [0.1, 0.15) is 12.0 Å². The summed E-state index contributed by atoms with van der Waals surface area (Å²) in [6.07, 6.45) is -8.60. The lowest BCUT2D eigenvalue weighted by Gasteiger charge is -2.37. The van der Waals surface area contributed by atoms with Crippen LogP contribution < -0.4 is 9.47 Å². The number of rotatable bonds is 6. The second kappa shape index (κ2) is 9.34. The summed E-state index contributed by atoms with van der Waals surface area (Å²) in [5, 5.41) is 8.96. The number of hydrogen-bond acceptors (Lipinski definition) is 4. The van der Waals surface area contributed by atoms with Crippen molar-refractivity contribution >= 4 is 12.0 Å². The number of alkyl halides is 6. The Kier molecular flexibility index (Phi) is 6.60. The molecule has 0 spiro atoms. The van der Waals surface area contributed by atoms with Crippen molar-refractivity contribution in [2.45, 2.75) is 18.8 Å². The van der Waals surface area contributed by atoms with E-state index in [4.69, 9.17) is 14.6 Å². The van der Waals surface area contributed by atoms with E-state index >= 15 is 0 Å². The Morgan fingerprint density at radius 1 is 1.14 bits per heavy atom. The van der Waals surface area contributed by atoms with Crippen molar-refractivity contribution in [1.29, 1.82) is 0 Å². The molecule has 1 fully saturated rings. The summed E-state index contributed by atoms with van der Waals surface area (Å²) in [5.74, 6) is 3.35. The molecule has 0 amide bonds. The molecule has 1 N–H and O–H groups in total. The molecule has 0 atom stereocenters. The van der Waals surface area contributed by atoms with E-state index in [1.165, 1.54) is 12.1 Å². The molecule has 2 heterocycles. The smallest absolute Gasteiger partial charge is 0.424 e. The number of fused-ring (bicyclic) bond motifs is 1. The van der Waals surface area contributed by atoms with Gasteiger partial charge in [-0.05, 0) is 35.4 Å². The van der Waals surface area contributed by atoms with Gasteiger partial charge in [-0.2, -0.15) is 26.3 Å². The molecule has 0 bridgehead atoms. The number of halogens is 6. The van der Waals surface area contributed by atoms with Crippen molar-refractivity contribution in [3.8, 4) is 23.3 Å². The van der Waals surface area contributed by atoms with E-state index in [-0.39, 0.29) is 24.4 Å². The van der Waals surface area contributed by atoms with Crippen LogP contribution in [0.5, 0.6) is 11.5 Å². The first-order chi connectivity index (χ1) is 16.4. The minimum Gasteiger partial charge on any atom is -0.489 e. The van der Waals surface area contributed by atoms with Gasteiger partial charge < -0.3 is 14.6 Å². The predicted octanol–water partition coefficient (Wildman–Crippen LogP) is 4.61. The van der Waals surface area contributed by atoms with Crippen LogP contribution in [-0.2, 0) is 4.79 Å². The number of ether oxygens (including phenoxy) is 2. The first kappa shape index (κ1) is 24.7. The van der Waals surface area contributed by atoms with Crippen LogP contribution in [0.3, 0.4) is 0 Å². The summed E-state index contributed by atoms with van der Waals surface area (Å²) < 4.78 is 90.4. The Hall–Kier alpha value is -3.39. The maximum absolute atomic E-state index is 13.5. The summed E-state index contributed by atoms with van der Waals surface area (Å²) >= 11 is 0. The highest BCUT2D eigenvalue weighted by molar-refractivity contribution is 5.71. The second-order valence-electron chi connectivity index (χ2n) is 8.36. The van der Waals surface area contributed by atoms with Crippen LogP contribution in [0.25, 0.3) is 6.08 Å². The zero-order valence-electron chi connectivity index (χ0n) is 18.1. The molecule has 11 heteroatoms. The highest BCUT2D eigenvalue weighted by Crippen LogP contribution is 2.37. The number of allylic oxidation sites excluding steroid dienone is 3. The number of likely N-dealkylation sites (tertiary alicyclic amines) is 1. The molecule has 1 saturated heterocycles. The molecule has 35 heavy (non-hydrogen) atoms. The van der Waals surface area contributed by atoms with Gasteiger partial charge in [0.2, 0.25) is 0 Å². The number of carboxylic acid groups (broad SMARTS) is 1. The third kappa shape index (κ3) is 5.82. The van der Waals surface area contributed by atoms with E-state index in [1.54, 1.807) is 12.0 Å². The SMILES string of the molecule is O=C(O)C1CN(CC2=Cc3ccc(OCC4=C(C(F)(F)F)C=C(C(F)(F)F)C#CC4)cc3OC2)C1. The minimum atomic E-state index is -5.01. The molecule has 1 aromatic carbocycles. The number of nitrogens with zero attached hydrogens (tertiary/aromatic N) is 1. The molecule has 5 nitrogen and oxygen atoms in total. The zero-order valence-corrected chi connectivity index (χ0v) is 18.1. The lowest BCUT2D eigenvalue weighted by molar-refractivity contribution is -0.147. The fourth-order valence-electron chi connectivity index (χ4n) is 3.87. The van der Waals surface area contributed by atoms with E-state index in [2.05, 4.69) is 5.92 Å². The highest BCUT2D eigenvalue weighted by Gasteiger charge is 2.40.